The minimum Gasteiger partial charge on any atom is -0.393 e. The fourth-order valence-electron chi connectivity index (χ4n) is 2.66. The summed E-state index contributed by atoms with van der Waals surface area (Å²) < 4.78 is 0. The highest BCUT2D eigenvalue weighted by molar-refractivity contribution is 5.37. The van der Waals surface area contributed by atoms with Gasteiger partial charge in [0.1, 0.15) is 12.1 Å². The lowest BCUT2D eigenvalue weighted by Crippen LogP contribution is -2.17. The first-order valence-electron chi connectivity index (χ1n) is 7.42. The van der Waals surface area contributed by atoms with E-state index in [0.29, 0.717) is 0 Å². The summed E-state index contributed by atoms with van der Waals surface area (Å²) in [5, 5.41) is 12.9. The van der Waals surface area contributed by atoms with Crippen molar-refractivity contribution < 1.29 is 5.11 Å². The maximum atomic E-state index is 9.51. The van der Waals surface area contributed by atoms with Gasteiger partial charge in [-0.2, -0.15) is 0 Å². The maximum absolute atomic E-state index is 9.51. The molecule has 0 spiro atoms. The molecule has 1 aliphatic carbocycles. The number of aliphatic hydroxyl groups is 1. The van der Waals surface area contributed by atoms with Gasteiger partial charge in [0, 0.05) is 17.8 Å². The average molecular weight is 282 g/mol. The molecule has 2 N–H and O–H groups in total. The van der Waals surface area contributed by atoms with Gasteiger partial charge in [-0.3, -0.25) is 0 Å². The highest BCUT2D eigenvalue weighted by Crippen LogP contribution is 2.21. The molecule has 1 heterocycles. The van der Waals surface area contributed by atoms with Crippen LogP contribution in [-0.4, -0.2) is 27.2 Å². The molecule has 0 bridgehead atoms. The minimum absolute atomic E-state index is 0.275. The molecule has 2 aromatic rings. The predicted molar refractivity (Wildman–Crippen MR) is 82.8 cm³/mol. The molecule has 21 heavy (non-hydrogen) atoms. The molecule has 1 aromatic heterocycles. The van der Waals surface area contributed by atoms with Crippen molar-refractivity contribution in [1.82, 2.24) is 9.97 Å². The highest BCUT2D eigenvalue weighted by Gasteiger charge is 2.23. The summed E-state index contributed by atoms with van der Waals surface area (Å²) in [6.45, 7) is 0. The molecule has 3 rings (SSSR count). The molecule has 4 nitrogen and oxygen atoms in total. The summed E-state index contributed by atoms with van der Waals surface area (Å²) >= 11 is 0. The van der Waals surface area contributed by atoms with E-state index in [9.17, 15) is 5.11 Å². The van der Waals surface area contributed by atoms with Crippen molar-refractivity contribution in [2.24, 2.45) is 0 Å². The molecule has 4 heteroatoms. The molecule has 0 saturated heterocycles. The Bertz CT molecular complexity index is 573. The molecular weight excluding hydrogens is 262 g/mol. The second-order valence-electron chi connectivity index (χ2n) is 5.50. The lowest BCUT2D eigenvalue weighted by molar-refractivity contribution is 0.213. The fraction of sp³-hybridized carbons (Fsp3) is 0.353. The summed E-state index contributed by atoms with van der Waals surface area (Å²) in [6.07, 6.45) is 6.77. The Balaban J connectivity index is 1.58. The second-order valence-corrected chi connectivity index (χ2v) is 5.50. The van der Waals surface area contributed by atoms with E-state index in [1.807, 2.05) is 18.6 Å². The minimum atomic E-state index is -0.290. The molecule has 109 valence electrons. The van der Waals surface area contributed by atoms with Crippen LogP contribution in [0.3, 0.4) is 0 Å². The monoisotopic (exact) mass is 282 g/mol. The zero-order valence-corrected chi connectivity index (χ0v) is 11.9. The van der Waals surface area contributed by atoms with Gasteiger partial charge < -0.3 is 10.4 Å². The lowest BCUT2D eigenvalue weighted by atomic mass is 10.1. The quantitative estimate of drug-likeness (QED) is 0.884. The van der Waals surface area contributed by atoms with Crippen LogP contribution in [-0.2, 0) is 12.8 Å². The summed E-state index contributed by atoms with van der Waals surface area (Å²) in [5.74, 6) is 0.848. The van der Waals surface area contributed by atoms with Gasteiger partial charge in [-0.05, 0) is 37.7 Å². The zero-order chi connectivity index (χ0) is 14.5. The van der Waals surface area contributed by atoms with Crippen molar-refractivity contribution in [3.8, 4) is 0 Å². The Morgan fingerprint density at radius 2 is 2.00 bits per heavy atom. The molecule has 2 unspecified atom stereocenters. The number of hydrogen-bond donors (Lipinski definition) is 2. The van der Waals surface area contributed by atoms with Crippen LogP contribution >= 0.6 is 0 Å². The average Bonchev–Trinajstić information content (AvgIpc) is 2.92. The molecule has 1 radical (unpaired) electrons. The van der Waals surface area contributed by atoms with Crippen LogP contribution in [0.15, 0.2) is 42.7 Å². The largest absolute Gasteiger partial charge is 0.393 e. The Kier molecular flexibility index (Phi) is 4.46. The van der Waals surface area contributed by atoms with Crippen LogP contribution < -0.4 is 5.32 Å². The first-order chi connectivity index (χ1) is 10.3. The molecule has 0 amide bonds. The first-order valence-corrected chi connectivity index (χ1v) is 7.42. The molecule has 1 fully saturated rings. The van der Waals surface area contributed by atoms with Gasteiger partial charge in [0.25, 0.3) is 0 Å². The van der Waals surface area contributed by atoms with Crippen molar-refractivity contribution >= 4 is 5.82 Å². The number of aryl methyl sites for hydroxylation is 2. The third-order valence-electron chi connectivity index (χ3n) is 3.81. The van der Waals surface area contributed by atoms with Gasteiger partial charge in [0.05, 0.1) is 6.10 Å². The van der Waals surface area contributed by atoms with E-state index in [2.05, 4.69) is 39.6 Å². The number of rotatable bonds is 5. The SMILES string of the molecule is OC1[CH]CC(Nc2cc(CCc3ccccc3)ncn2)C1. The van der Waals surface area contributed by atoms with Crippen LogP contribution in [0.2, 0.25) is 0 Å². The summed E-state index contributed by atoms with van der Waals surface area (Å²) in [5.41, 5.74) is 2.36. The van der Waals surface area contributed by atoms with Gasteiger partial charge in [0.2, 0.25) is 0 Å². The van der Waals surface area contributed by atoms with Crippen LogP contribution in [0, 0.1) is 6.42 Å². The standard InChI is InChI=1S/C17H20N3O/c21-16-9-8-15(10-16)20-17-11-14(18-12-19-17)7-6-13-4-2-1-3-5-13/h1-5,9,11-12,15-16,21H,6-8,10H2,(H,18,19,20). The van der Waals surface area contributed by atoms with E-state index < -0.39 is 0 Å². The number of nitrogens with one attached hydrogen (secondary N) is 1. The first kappa shape index (κ1) is 14.0. The molecule has 1 aromatic carbocycles. The number of aliphatic hydroxyl groups excluding tert-OH is 1. The smallest absolute Gasteiger partial charge is 0.129 e. The third-order valence-corrected chi connectivity index (χ3v) is 3.81. The van der Waals surface area contributed by atoms with E-state index in [0.717, 1.165) is 37.2 Å². The predicted octanol–water partition coefficient (Wildman–Crippen LogP) is 2.40. The number of benzene rings is 1. The molecule has 2 atom stereocenters. The second kappa shape index (κ2) is 6.68. The maximum Gasteiger partial charge on any atom is 0.129 e. The number of hydrogen-bond acceptors (Lipinski definition) is 4. The fourth-order valence-corrected chi connectivity index (χ4v) is 2.66. The van der Waals surface area contributed by atoms with Gasteiger partial charge in [-0.15, -0.1) is 0 Å². The highest BCUT2D eigenvalue weighted by atomic mass is 16.3. The van der Waals surface area contributed by atoms with E-state index in [4.69, 9.17) is 0 Å². The van der Waals surface area contributed by atoms with Crippen LogP contribution in [0.1, 0.15) is 24.1 Å². The van der Waals surface area contributed by atoms with Crippen molar-refractivity contribution in [1.29, 1.82) is 0 Å². The van der Waals surface area contributed by atoms with Crippen molar-refractivity contribution in [3.05, 3.63) is 60.4 Å². The molecular formula is C17H20N3O. The number of aromatic nitrogens is 2. The van der Waals surface area contributed by atoms with Crippen molar-refractivity contribution in [3.63, 3.8) is 0 Å². The third kappa shape index (κ3) is 4.02. The Labute approximate surface area is 125 Å². The topological polar surface area (TPSA) is 58.0 Å². The van der Waals surface area contributed by atoms with E-state index in [-0.39, 0.29) is 12.1 Å². The van der Waals surface area contributed by atoms with Crippen molar-refractivity contribution in [2.45, 2.75) is 37.8 Å². The molecule has 1 saturated carbocycles. The van der Waals surface area contributed by atoms with Gasteiger partial charge >= 0.3 is 0 Å². The van der Waals surface area contributed by atoms with Crippen LogP contribution in [0.5, 0.6) is 0 Å². The van der Waals surface area contributed by atoms with Gasteiger partial charge in [-0.25, -0.2) is 9.97 Å². The summed E-state index contributed by atoms with van der Waals surface area (Å²) in [6, 6.07) is 12.7. The Hall–Kier alpha value is -1.94. The van der Waals surface area contributed by atoms with Gasteiger partial charge in [-0.1, -0.05) is 30.3 Å². The van der Waals surface area contributed by atoms with E-state index in [1.54, 1.807) is 6.33 Å². The molecule has 1 aliphatic rings. The van der Waals surface area contributed by atoms with Crippen LogP contribution in [0.4, 0.5) is 5.82 Å². The zero-order valence-electron chi connectivity index (χ0n) is 11.9. The summed E-state index contributed by atoms with van der Waals surface area (Å²) in [4.78, 5) is 8.60. The van der Waals surface area contributed by atoms with E-state index >= 15 is 0 Å². The normalized spacial score (nSPS) is 21.4. The van der Waals surface area contributed by atoms with E-state index in [1.165, 1.54) is 5.56 Å². The van der Waals surface area contributed by atoms with Crippen LogP contribution in [0.25, 0.3) is 0 Å². The summed E-state index contributed by atoms with van der Waals surface area (Å²) in [7, 11) is 0. The van der Waals surface area contributed by atoms with Crippen molar-refractivity contribution in [2.75, 3.05) is 5.32 Å². The number of anilines is 1. The lowest BCUT2D eigenvalue weighted by Gasteiger charge is -2.13. The van der Waals surface area contributed by atoms with Gasteiger partial charge in [0.15, 0.2) is 0 Å². The Morgan fingerprint density at radius 1 is 1.14 bits per heavy atom. The Morgan fingerprint density at radius 3 is 2.76 bits per heavy atom. The molecule has 0 aliphatic heterocycles. The number of nitrogens with zero attached hydrogens (tertiary/aromatic N) is 2.